The molecule has 0 heterocycles. The lowest BCUT2D eigenvalue weighted by Gasteiger charge is -2.23. The Bertz CT molecular complexity index is 1450. The largest absolute Gasteiger partial charge is 0.464 e. The van der Waals surface area contributed by atoms with Crippen LogP contribution >= 0.6 is 0 Å². The maximum Gasteiger partial charge on any atom is 0.305 e. The number of carbonyl (C=O) groups excluding carboxylic acids is 6. The number of aliphatic hydroxyl groups is 1. The summed E-state index contributed by atoms with van der Waals surface area (Å²) in [6.45, 7) is 8.04. The summed E-state index contributed by atoms with van der Waals surface area (Å²) >= 11 is 0. The van der Waals surface area contributed by atoms with Crippen LogP contribution < -0.4 is 16.0 Å². The molecule has 15 heteroatoms. The van der Waals surface area contributed by atoms with Gasteiger partial charge in [0.25, 0.3) is 0 Å². The number of allylic oxidation sites excluding steroid dienone is 8. The van der Waals surface area contributed by atoms with Crippen molar-refractivity contribution in [3.63, 3.8) is 0 Å². The lowest BCUT2D eigenvalue weighted by atomic mass is 10.1. The Morgan fingerprint density at radius 3 is 1.46 bits per heavy atom. The number of aliphatic hydroxyl groups excluding tert-OH is 1. The minimum atomic E-state index is -0.850. The molecule has 426 valence electrons. The lowest BCUT2D eigenvalue weighted by molar-refractivity contribution is -0.148. The van der Waals surface area contributed by atoms with Crippen molar-refractivity contribution in [1.82, 2.24) is 20.9 Å². The third-order valence-corrected chi connectivity index (χ3v) is 12.1. The summed E-state index contributed by atoms with van der Waals surface area (Å²) in [7, 11) is 0. The number of rotatable bonds is 53. The van der Waals surface area contributed by atoms with Gasteiger partial charge in [0, 0.05) is 52.3 Å². The van der Waals surface area contributed by atoms with E-state index in [2.05, 4.69) is 78.4 Å². The van der Waals surface area contributed by atoms with Gasteiger partial charge in [-0.3, -0.25) is 28.8 Å². The molecule has 0 rings (SSSR count). The third kappa shape index (κ3) is 49.9. The zero-order valence-corrected chi connectivity index (χ0v) is 46.7. The molecule has 0 aliphatic rings. The number of amides is 4. The Morgan fingerprint density at radius 1 is 0.486 bits per heavy atom. The van der Waals surface area contributed by atoms with Crippen LogP contribution in [-0.4, -0.2) is 124 Å². The van der Waals surface area contributed by atoms with Gasteiger partial charge in [0.15, 0.2) is 0 Å². The molecule has 0 spiro atoms. The van der Waals surface area contributed by atoms with E-state index in [1.54, 1.807) is 0 Å². The summed E-state index contributed by atoms with van der Waals surface area (Å²) in [6, 6.07) is -0.850. The number of carbonyl (C=O) groups is 6. The Balaban J connectivity index is 5.08. The van der Waals surface area contributed by atoms with Crippen LogP contribution in [0.3, 0.4) is 0 Å². The zero-order chi connectivity index (χ0) is 54.2. The first-order chi connectivity index (χ1) is 36.1. The predicted molar refractivity (Wildman–Crippen MR) is 297 cm³/mol. The highest BCUT2D eigenvalue weighted by Gasteiger charge is 2.22. The summed E-state index contributed by atoms with van der Waals surface area (Å²) < 4.78 is 21.7. The molecule has 0 radical (unpaired) electrons. The lowest BCUT2D eigenvalue weighted by Crippen LogP contribution is -2.47. The van der Waals surface area contributed by atoms with Gasteiger partial charge in [-0.1, -0.05) is 127 Å². The second kappa shape index (κ2) is 54.9. The molecule has 0 aliphatic heterocycles. The number of ether oxygens (including phenoxy) is 4. The predicted octanol–water partition coefficient (Wildman–Crippen LogP) is 10.6. The molecule has 0 aromatic rings. The molecule has 0 saturated carbocycles. The van der Waals surface area contributed by atoms with Crippen LogP contribution in [0, 0.1) is 0 Å². The number of hydrogen-bond donors (Lipinski definition) is 4. The van der Waals surface area contributed by atoms with Crippen LogP contribution in [0.4, 0.5) is 0 Å². The highest BCUT2D eigenvalue weighted by molar-refractivity contribution is 5.89. The topological polar surface area (TPSA) is 199 Å². The second-order valence-corrected chi connectivity index (χ2v) is 19.0. The van der Waals surface area contributed by atoms with Crippen molar-refractivity contribution < 1.29 is 52.8 Å². The minimum absolute atomic E-state index is 0.0276. The quantitative estimate of drug-likeness (QED) is 0.0257. The average molecular weight is 1050 g/mol. The van der Waals surface area contributed by atoms with Gasteiger partial charge in [0.05, 0.1) is 39.5 Å². The molecule has 15 nitrogen and oxygen atoms in total. The first-order valence-electron chi connectivity index (χ1n) is 28.9. The van der Waals surface area contributed by atoms with Crippen LogP contribution in [0.2, 0.25) is 0 Å². The molecule has 0 fully saturated rings. The van der Waals surface area contributed by atoms with E-state index in [9.17, 15) is 28.8 Å². The van der Waals surface area contributed by atoms with Crippen molar-refractivity contribution in [3.8, 4) is 0 Å². The van der Waals surface area contributed by atoms with E-state index in [1.807, 2.05) is 0 Å². The molecule has 0 aromatic heterocycles. The molecule has 74 heavy (non-hydrogen) atoms. The van der Waals surface area contributed by atoms with E-state index in [-0.39, 0.29) is 82.0 Å². The van der Waals surface area contributed by atoms with Gasteiger partial charge in [0.1, 0.15) is 19.3 Å². The molecule has 0 aromatic carbocycles. The molecular weight excluding hydrogens is 941 g/mol. The molecule has 4 amide bonds. The van der Waals surface area contributed by atoms with Crippen LogP contribution in [0.15, 0.2) is 48.6 Å². The fourth-order valence-corrected chi connectivity index (χ4v) is 7.75. The number of nitrogens with one attached hydrogen (secondary N) is 3. The van der Waals surface area contributed by atoms with E-state index < -0.39 is 11.9 Å². The summed E-state index contributed by atoms with van der Waals surface area (Å²) in [5.41, 5.74) is 0. The maximum atomic E-state index is 13.6. The van der Waals surface area contributed by atoms with E-state index in [0.717, 1.165) is 103 Å². The zero-order valence-electron chi connectivity index (χ0n) is 46.7. The van der Waals surface area contributed by atoms with Crippen molar-refractivity contribution in [3.05, 3.63) is 48.6 Å². The number of esters is 2. The van der Waals surface area contributed by atoms with Crippen molar-refractivity contribution in [2.24, 2.45) is 0 Å². The molecule has 0 aliphatic carbocycles. The fourth-order valence-electron chi connectivity index (χ4n) is 7.75. The van der Waals surface area contributed by atoms with Crippen LogP contribution in [0.1, 0.15) is 213 Å². The monoisotopic (exact) mass is 1040 g/mol. The molecule has 0 saturated heterocycles. The Kier molecular flexibility index (Phi) is 51.7. The molecule has 0 bridgehead atoms. The smallest absolute Gasteiger partial charge is 0.305 e. The van der Waals surface area contributed by atoms with Crippen molar-refractivity contribution in [2.75, 3.05) is 72.4 Å². The first kappa shape index (κ1) is 69.7. The highest BCUT2D eigenvalue weighted by atomic mass is 16.5. The van der Waals surface area contributed by atoms with Gasteiger partial charge >= 0.3 is 11.9 Å². The summed E-state index contributed by atoms with van der Waals surface area (Å²) in [5.74, 6) is -2.01. The number of nitrogens with zero attached hydrogens (tertiary/aromatic N) is 1. The Morgan fingerprint density at radius 2 is 0.959 bits per heavy atom. The van der Waals surface area contributed by atoms with Crippen molar-refractivity contribution in [1.29, 1.82) is 0 Å². The number of unbranched alkanes of at least 4 members (excludes halogenated alkanes) is 17. The third-order valence-electron chi connectivity index (χ3n) is 12.1. The van der Waals surface area contributed by atoms with Crippen molar-refractivity contribution >= 4 is 35.6 Å². The normalized spacial score (nSPS) is 12.0. The molecule has 0 unspecified atom stereocenters. The van der Waals surface area contributed by atoms with Gasteiger partial charge in [-0.15, -0.1) is 0 Å². The average Bonchev–Trinajstić information content (AvgIpc) is 3.38. The minimum Gasteiger partial charge on any atom is -0.464 e. The van der Waals surface area contributed by atoms with Crippen LogP contribution in [0.5, 0.6) is 0 Å². The van der Waals surface area contributed by atoms with E-state index in [1.165, 1.54) is 50.3 Å². The fraction of sp³-hybridized carbons (Fsp3) is 0.763. The van der Waals surface area contributed by atoms with Crippen LogP contribution in [0.25, 0.3) is 0 Å². The van der Waals surface area contributed by atoms with Crippen molar-refractivity contribution in [2.45, 2.75) is 219 Å². The van der Waals surface area contributed by atoms with E-state index in [4.69, 9.17) is 24.1 Å². The standard InChI is InChI=1S/C59H104N4O11/c1-4-6-8-10-12-14-16-18-20-22-24-26-28-30-32-38-57(68)73-48-44-63(45-49-74-58(69)39-33-31-29-27-25-23-21-19-17-15-13-11-9-7-5-2)56(67)41-40-55(66)62-54(37-34-35-42-60-53(3)65)59(70)61-43-36-47-71-51-52-72-50-46-64/h12-15,18-21,54,64H,4-11,16-17,22-52H2,1-3H3,(H,60,65)(H,61,70)(H,62,66)/b14-12-,15-13-,20-18-,21-19-/t54-/m0/s1. The Labute approximate surface area is 448 Å². The first-order valence-corrected chi connectivity index (χ1v) is 28.9. The highest BCUT2D eigenvalue weighted by Crippen LogP contribution is 2.12. The SMILES string of the molecule is CCCCC/C=C\C/C=C\CCCCCCCC(=O)OCCN(CCOC(=O)CCCCCCC/C=C\C/C=C\CCCCC)C(=O)CCC(=O)N[C@@H](CCCCNC(C)=O)C(=O)NCCCOCCOCCO. The van der Waals surface area contributed by atoms with Gasteiger partial charge in [-0.25, -0.2) is 0 Å². The van der Waals surface area contributed by atoms with E-state index in [0.29, 0.717) is 71.4 Å². The second-order valence-electron chi connectivity index (χ2n) is 19.0. The molecular formula is C59H104N4O11. The molecule has 4 N–H and O–H groups in total. The van der Waals surface area contributed by atoms with Gasteiger partial charge < -0.3 is 44.9 Å². The Hall–Kier alpha value is -4.34. The van der Waals surface area contributed by atoms with Gasteiger partial charge in [-0.05, 0) is 103 Å². The summed E-state index contributed by atoms with van der Waals surface area (Å²) in [5, 5.41) is 17.2. The molecule has 1 atom stereocenters. The summed E-state index contributed by atoms with van der Waals surface area (Å²) in [6.07, 6.45) is 44.2. The van der Waals surface area contributed by atoms with Gasteiger partial charge in [0.2, 0.25) is 23.6 Å². The van der Waals surface area contributed by atoms with Crippen LogP contribution in [-0.2, 0) is 47.7 Å². The van der Waals surface area contributed by atoms with Gasteiger partial charge in [-0.2, -0.15) is 0 Å². The van der Waals surface area contributed by atoms with E-state index >= 15 is 0 Å². The number of hydrogen-bond acceptors (Lipinski definition) is 11. The summed E-state index contributed by atoms with van der Waals surface area (Å²) in [4.78, 5) is 78.1. The maximum absolute atomic E-state index is 13.6.